The van der Waals surface area contributed by atoms with Crippen molar-refractivity contribution in [1.29, 1.82) is 0 Å². The molecule has 0 saturated heterocycles. The number of carbonyl (C=O) groups is 2. The molecule has 1 aliphatic heterocycles. The van der Waals surface area contributed by atoms with Gasteiger partial charge in [0.25, 0.3) is 0 Å². The Morgan fingerprint density at radius 2 is 1.78 bits per heavy atom. The molecule has 0 radical (unpaired) electrons. The van der Waals surface area contributed by atoms with Crippen LogP contribution in [0.4, 0.5) is 10.5 Å². The van der Waals surface area contributed by atoms with Crippen LogP contribution in [0.5, 0.6) is 5.75 Å². The van der Waals surface area contributed by atoms with E-state index in [1.807, 2.05) is 42.5 Å². The fraction of sp³-hybridized carbons (Fsp3) is 0.238. The van der Waals surface area contributed by atoms with E-state index in [2.05, 4.69) is 5.32 Å². The van der Waals surface area contributed by atoms with Gasteiger partial charge in [0.15, 0.2) is 0 Å². The number of hydrogen-bond donors (Lipinski definition) is 1. The number of urea groups is 1. The van der Waals surface area contributed by atoms with Crippen LogP contribution < -0.4 is 15.0 Å². The summed E-state index contributed by atoms with van der Waals surface area (Å²) in [5, 5.41) is 2.93. The Labute approximate surface area is 158 Å². The first-order chi connectivity index (χ1) is 13.1. The van der Waals surface area contributed by atoms with Gasteiger partial charge in [-0.25, -0.2) is 9.59 Å². The molecule has 0 bridgehead atoms. The number of benzene rings is 2. The summed E-state index contributed by atoms with van der Waals surface area (Å²) in [5.41, 5.74) is 2.41. The lowest BCUT2D eigenvalue weighted by molar-refractivity contribution is -0.139. The largest absolute Gasteiger partial charge is 0.497 e. The van der Waals surface area contributed by atoms with Crippen LogP contribution in [-0.2, 0) is 9.53 Å². The third kappa shape index (κ3) is 3.65. The fourth-order valence-corrected chi connectivity index (χ4v) is 3.15. The van der Waals surface area contributed by atoms with Crippen LogP contribution in [0.2, 0.25) is 0 Å². The Kier molecular flexibility index (Phi) is 5.45. The lowest BCUT2D eigenvalue weighted by atomic mass is 9.94. The summed E-state index contributed by atoms with van der Waals surface area (Å²) < 4.78 is 10.5. The molecule has 140 valence electrons. The van der Waals surface area contributed by atoms with Gasteiger partial charge in [-0.15, -0.1) is 0 Å². The van der Waals surface area contributed by atoms with Crippen LogP contribution in [0.3, 0.4) is 0 Å². The Hall–Kier alpha value is -3.28. The minimum atomic E-state index is -0.595. The Morgan fingerprint density at radius 1 is 1.11 bits per heavy atom. The summed E-state index contributed by atoms with van der Waals surface area (Å²) in [4.78, 5) is 27.1. The van der Waals surface area contributed by atoms with E-state index in [0.717, 1.165) is 5.56 Å². The van der Waals surface area contributed by atoms with Crippen molar-refractivity contribution in [2.24, 2.45) is 0 Å². The number of para-hydroxylation sites is 1. The van der Waals surface area contributed by atoms with E-state index >= 15 is 0 Å². The van der Waals surface area contributed by atoms with E-state index in [1.165, 1.54) is 4.90 Å². The van der Waals surface area contributed by atoms with Gasteiger partial charge in [0.2, 0.25) is 0 Å². The minimum absolute atomic E-state index is 0.254. The topological polar surface area (TPSA) is 67.9 Å². The first-order valence-electron chi connectivity index (χ1n) is 8.74. The Bertz CT molecular complexity index is 860. The summed E-state index contributed by atoms with van der Waals surface area (Å²) in [7, 11) is 1.59. The highest BCUT2D eigenvalue weighted by molar-refractivity contribution is 6.03. The molecular weight excluding hydrogens is 344 g/mol. The van der Waals surface area contributed by atoms with Crippen molar-refractivity contribution >= 4 is 17.7 Å². The molecule has 0 aliphatic carbocycles. The number of nitrogens with one attached hydrogen (secondary N) is 1. The molecule has 6 heteroatoms. The zero-order valence-corrected chi connectivity index (χ0v) is 15.6. The molecular formula is C21H22N2O4. The molecule has 27 heavy (non-hydrogen) atoms. The van der Waals surface area contributed by atoms with Crippen molar-refractivity contribution < 1.29 is 19.1 Å². The molecule has 0 saturated carbocycles. The number of esters is 1. The maximum atomic E-state index is 12.8. The molecule has 0 fully saturated rings. The first kappa shape index (κ1) is 18.5. The maximum absolute atomic E-state index is 12.8. The maximum Gasteiger partial charge on any atom is 0.338 e. The van der Waals surface area contributed by atoms with Crippen LogP contribution in [-0.4, -0.2) is 25.7 Å². The number of nitrogens with zero attached hydrogens (tertiary/aromatic N) is 1. The van der Waals surface area contributed by atoms with E-state index in [1.54, 1.807) is 33.1 Å². The molecule has 6 nitrogen and oxygen atoms in total. The number of hydrogen-bond acceptors (Lipinski definition) is 4. The standard InChI is InChI=1S/C21H22N2O4/c1-4-27-20(24)18-14(2)23(16-8-6-5-7-9-16)21(25)22-19(18)15-10-12-17(26-3)13-11-15/h5-13,19H,4H2,1-3H3,(H,22,25)/t19-/m1/s1. The molecule has 3 rings (SSSR count). The van der Waals surface area contributed by atoms with Gasteiger partial charge in [0.05, 0.1) is 31.0 Å². The third-order valence-electron chi connectivity index (χ3n) is 4.44. The first-order valence-corrected chi connectivity index (χ1v) is 8.74. The minimum Gasteiger partial charge on any atom is -0.497 e. The van der Waals surface area contributed by atoms with Crippen molar-refractivity contribution in [1.82, 2.24) is 5.32 Å². The predicted molar refractivity (Wildman–Crippen MR) is 103 cm³/mol. The highest BCUT2D eigenvalue weighted by Gasteiger charge is 2.37. The van der Waals surface area contributed by atoms with Crippen LogP contribution in [0.1, 0.15) is 25.5 Å². The summed E-state index contributed by atoms with van der Waals surface area (Å²) in [6.07, 6.45) is 0. The lowest BCUT2D eigenvalue weighted by Gasteiger charge is -2.35. The number of rotatable bonds is 5. The number of allylic oxidation sites excluding steroid dienone is 1. The van der Waals surface area contributed by atoms with Crippen LogP contribution >= 0.6 is 0 Å². The molecule has 0 aromatic heterocycles. The van der Waals surface area contributed by atoms with Crippen molar-refractivity contribution in [3.05, 3.63) is 71.4 Å². The van der Waals surface area contributed by atoms with E-state index in [9.17, 15) is 9.59 Å². The molecule has 2 aromatic carbocycles. The van der Waals surface area contributed by atoms with Crippen molar-refractivity contribution in [3.63, 3.8) is 0 Å². The number of ether oxygens (including phenoxy) is 2. The number of methoxy groups -OCH3 is 1. The SMILES string of the molecule is CCOC(=O)C1=C(C)N(c2ccccc2)C(=O)N[C@@H]1c1ccc(OC)cc1. The van der Waals surface area contributed by atoms with Gasteiger partial charge in [-0.2, -0.15) is 0 Å². The summed E-state index contributed by atoms with van der Waals surface area (Å²) in [6.45, 7) is 3.77. The number of anilines is 1. The molecule has 1 atom stereocenters. The average Bonchev–Trinajstić information content (AvgIpc) is 2.68. The summed E-state index contributed by atoms with van der Waals surface area (Å²) >= 11 is 0. The van der Waals surface area contributed by atoms with Gasteiger partial charge in [-0.3, -0.25) is 4.90 Å². The zero-order chi connectivity index (χ0) is 19.4. The fourth-order valence-electron chi connectivity index (χ4n) is 3.15. The smallest absolute Gasteiger partial charge is 0.338 e. The van der Waals surface area contributed by atoms with E-state index in [4.69, 9.17) is 9.47 Å². The van der Waals surface area contributed by atoms with Gasteiger partial charge in [0, 0.05) is 5.70 Å². The molecule has 2 aromatic rings. The van der Waals surface area contributed by atoms with Gasteiger partial charge in [0.1, 0.15) is 5.75 Å². The van der Waals surface area contributed by atoms with E-state index < -0.39 is 12.0 Å². The predicted octanol–water partition coefficient (Wildman–Crippen LogP) is 3.80. The van der Waals surface area contributed by atoms with Crippen LogP contribution in [0.25, 0.3) is 0 Å². The highest BCUT2D eigenvalue weighted by Crippen LogP contribution is 2.34. The number of carbonyl (C=O) groups excluding carboxylic acids is 2. The molecule has 2 amide bonds. The van der Waals surface area contributed by atoms with Crippen molar-refractivity contribution in [2.75, 3.05) is 18.6 Å². The van der Waals surface area contributed by atoms with Gasteiger partial charge >= 0.3 is 12.0 Å². The molecule has 1 heterocycles. The second kappa shape index (κ2) is 7.95. The van der Waals surface area contributed by atoms with E-state index in [-0.39, 0.29) is 12.6 Å². The quantitative estimate of drug-likeness (QED) is 0.817. The molecule has 0 unspecified atom stereocenters. The molecule has 0 spiro atoms. The summed E-state index contributed by atoms with van der Waals surface area (Å²) in [5.74, 6) is 0.252. The highest BCUT2D eigenvalue weighted by atomic mass is 16.5. The average molecular weight is 366 g/mol. The second-order valence-electron chi connectivity index (χ2n) is 6.05. The third-order valence-corrected chi connectivity index (χ3v) is 4.44. The van der Waals surface area contributed by atoms with E-state index in [0.29, 0.717) is 22.7 Å². The number of amides is 2. The summed E-state index contributed by atoms with van der Waals surface area (Å²) in [6, 6.07) is 15.5. The van der Waals surface area contributed by atoms with Crippen molar-refractivity contribution in [2.45, 2.75) is 19.9 Å². The molecule has 1 N–H and O–H groups in total. The van der Waals surface area contributed by atoms with Crippen molar-refractivity contribution in [3.8, 4) is 5.75 Å². The Morgan fingerprint density at radius 3 is 2.37 bits per heavy atom. The monoisotopic (exact) mass is 366 g/mol. The molecule has 1 aliphatic rings. The normalized spacial score (nSPS) is 16.8. The van der Waals surface area contributed by atoms with Crippen LogP contribution in [0, 0.1) is 0 Å². The van der Waals surface area contributed by atoms with Gasteiger partial charge in [-0.05, 0) is 43.7 Å². The van der Waals surface area contributed by atoms with Gasteiger partial charge in [-0.1, -0.05) is 30.3 Å². The van der Waals surface area contributed by atoms with Crippen LogP contribution in [0.15, 0.2) is 65.9 Å². The second-order valence-corrected chi connectivity index (χ2v) is 6.05. The van der Waals surface area contributed by atoms with Gasteiger partial charge < -0.3 is 14.8 Å². The Balaban J connectivity index is 2.09. The lowest BCUT2D eigenvalue weighted by Crippen LogP contribution is -2.48. The zero-order valence-electron chi connectivity index (χ0n) is 15.6.